The van der Waals surface area contributed by atoms with Crippen LogP contribution >= 0.6 is 0 Å². The fourth-order valence-corrected chi connectivity index (χ4v) is 0.898. The molecule has 0 fully saturated rings. The fraction of sp³-hybridized carbons (Fsp3) is 0. The molecule has 0 atom stereocenters. The van der Waals surface area contributed by atoms with E-state index in [4.69, 9.17) is 5.73 Å². The minimum absolute atomic E-state index is 0.0601. The Kier molecular flexibility index (Phi) is 2.64. The van der Waals surface area contributed by atoms with Gasteiger partial charge in [0.1, 0.15) is 5.82 Å². The van der Waals surface area contributed by atoms with Gasteiger partial charge in [0, 0.05) is 0 Å². The maximum absolute atomic E-state index is 13.0. The molecule has 2 amide bonds. The van der Waals surface area contributed by atoms with Gasteiger partial charge in [0.05, 0.1) is 5.69 Å². The van der Waals surface area contributed by atoms with E-state index >= 15 is 0 Å². The SMILES string of the molecule is C=Cc1ccc(F)c(NC(N)=O)c1. The highest BCUT2D eigenvalue weighted by Crippen LogP contribution is 2.16. The zero-order chi connectivity index (χ0) is 9.84. The van der Waals surface area contributed by atoms with E-state index in [-0.39, 0.29) is 5.69 Å². The molecule has 0 aliphatic heterocycles. The molecule has 0 radical (unpaired) electrons. The number of urea groups is 1. The summed E-state index contributed by atoms with van der Waals surface area (Å²) >= 11 is 0. The molecule has 0 bridgehead atoms. The maximum atomic E-state index is 13.0. The van der Waals surface area contributed by atoms with E-state index in [0.717, 1.165) is 0 Å². The van der Waals surface area contributed by atoms with Crippen molar-refractivity contribution in [2.75, 3.05) is 5.32 Å². The van der Waals surface area contributed by atoms with Gasteiger partial charge in [-0.25, -0.2) is 9.18 Å². The minimum atomic E-state index is -0.792. The van der Waals surface area contributed by atoms with Gasteiger partial charge in [0.2, 0.25) is 0 Å². The Labute approximate surface area is 75.1 Å². The molecule has 0 aromatic heterocycles. The van der Waals surface area contributed by atoms with Crippen LogP contribution in [0.25, 0.3) is 6.08 Å². The molecule has 1 aromatic rings. The van der Waals surface area contributed by atoms with Gasteiger partial charge in [0.25, 0.3) is 0 Å². The van der Waals surface area contributed by atoms with Crippen molar-refractivity contribution in [1.29, 1.82) is 0 Å². The van der Waals surface area contributed by atoms with Gasteiger partial charge in [-0.05, 0) is 17.7 Å². The summed E-state index contributed by atoms with van der Waals surface area (Å²) in [7, 11) is 0. The standard InChI is InChI=1S/C9H9FN2O/c1-2-6-3-4-7(10)8(5-6)12-9(11)13/h2-5H,1H2,(H3,11,12,13). The third kappa shape index (κ3) is 2.30. The first-order valence-corrected chi connectivity index (χ1v) is 3.62. The topological polar surface area (TPSA) is 55.1 Å². The number of halogens is 1. The predicted octanol–water partition coefficient (Wildman–Crippen LogP) is 1.96. The molecule has 4 heteroatoms. The zero-order valence-electron chi connectivity index (χ0n) is 6.88. The first-order chi connectivity index (χ1) is 6.13. The van der Waals surface area contributed by atoms with Crippen molar-refractivity contribution in [2.45, 2.75) is 0 Å². The van der Waals surface area contributed by atoms with Gasteiger partial charge in [-0.1, -0.05) is 18.7 Å². The molecule has 0 saturated heterocycles. The minimum Gasteiger partial charge on any atom is -0.351 e. The number of carbonyl (C=O) groups excluding carboxylic acids is 1. The number of nitrogens with one attached hydrogen (secondary N) is 1. The molecular formula is C9H9FN2O. The van der Waals surface area contributed by atoms with Crippen molar-refractivity contribution in [3.63, 3.8) is 0 Å². The highest BCUT2D eigenvalue weighted by atomic mass is 19.1. The van der Waals surface area contributed by atoms with Gasteiger partial charge >= 0.3 is 6.03 Å². The van der Waals surface area contributed by atoms with Crippen LogP contribution in [0.15, 0.2) is 24.8 Å². The molecule has 1 rings (SSSR count). The number of rotatable bonds is 2. The molecule has 0 spiro atoms. The average molecular weight is 180 g/mol. The Hall–Kier alpha value is -1.84. The number of primary amides is 1. The largest absolute Gasteiger partial charge is 0.351 e. The molecule has 13 heavy (non-hydrogen) atoms. The second-order valence-corrected chi connectivity index (χ2v) is 2.43. The van der Waals surface area contributed by atoms with E-state index in [1.807, 2.05) is 0 Å². The Morgan fingerprint density at radius 2 is 2.31 bits per heavy atom. The molecule has 3 nitrogen and oxygen atoms in total. The second kappa shape index (κ2) is 3.71. The first kappa shape index (κ1) is 9.25. The lowest BCUT2D eigenvalue weighted by atomic mass is 10.2. The van der Waals surface area contributed by atoms with Gasteiger partial charge < -0.3 is 11.1 Å². The number of hydrogen-bond donors (Lipinski definition) is 2. The van der Waals surface area contributed by atoms with E-state index in [0.29, 0.717) is 5.56 Å². The Bertz CT molecular complexity index is 349. The van der Waals surface area contributed by atoms with Crippen LogP contribution in [0.5, 0.6) is 0 Å². The van der Waals surface area contributed by atoms with E-state index in [1.54, 1.807) is 12.1 Å². The van der Waals surface area contributed by atoms with Gasteiger partial charge in [-0.15, -0.1) is 0 Å². The third-order valence-electron chi connectivity index (χ3n) is 1.48. The van der Waals surface area contributed by atoms with Crippen LogP contribution in [-0.4, -0.2) is 6.03 Å². The lowest BCUT2D eigenvalue weighted by Gasteiger charge is -2.03. The fourth-order valence-electron chi connectivity index (χ4n) is 0.898. The molecule has 0 aliphatic carbocycles. The Balaban J connectivity index is 3.03. The second-order valence-electron chi connectivity index (χ2n) is 2.43. The molecular weight excluding hydrogens is 171 g/mol. The quantitative estimate of drug-likeness (QED) is 0.718. The Morgan fingerprint density at radius 1 is 1.62 bits per heavy atom. The molecule has 3 N–H and O–H groups in total. The first-order valence-electron chi connectivity index (χ1n) is 3.62. The van der Waals surface area contributed by atoms with Crippen molar-refractivity contribution in [3.05, 3.63) is 36.2 Å². The van der Waals surface area contributed by atoms with Crippen molar-refractivity contribution < 1.29 is 9.18 Å². The Morgan fingerprint density at radius 3 is 2.85 bits per heavy atom. The van der Waals surface area contributed by atoms with Gasteiger partial charge in [0.15, 0.2) is 0 Å². The summed E-state index contributed by atoms with van der Waals surface area (Å²) in [6.45, 7) is 3.51. The highest BCUT2D eigenvalue weighted by molar-refractivity contribution is 5.88. The monoisotopic (exact) mass is 180 g/mol. The number of carbonyl (C=O) groups is 1. The lowest BCUT2D eigenvalue weighted by Crippen LogP contribution is -2.20. The van der Waals surface area contributed by atoms with E-state index in [2.05, 4.69) is 11.9 Å². The van der Waals surface area contributed by atoms with E-state index in [1.165, 1.54) is 12.1 Å². The van der Waals surface area contributed by atoms with Crippen LogP contribution in [0.4, 0.5) is 14.9 Å². The van der Waals surface area contributed by atoms with Crippen molar-refractivity contribution >= 4 is 17.8 Å². The van der Waals surface area contributed by atoms with E-state index in [9.17, 15) is 9.18 Å². The molecule has 0 aliphatic rings. The third-order valence-corrected chi connectivity index (χ3v) is 1.48. The summed E-state index contributed by atoms with van der Waals surface area (Å²) in [5, 5.41) is 2.16. The number of benzene rings is 1. The predicted molar refractivity (Wildman–Crippen MR) is 49.7 cm³/mol. The zero-order valence-corrected chi connectivity index (χ0v) is 6.88. The number of nitrogens with two attached hydrogens (primary N) is 1. The summed E-state index contributed by atoms with van der Waals surface area (Å²) < 4.78 is 13.0. The van der Waals surface area contributed by atoms with Crippen molar-refractivity contribution in [1.82, 2.24) is 0 Å². The summed E-state index contributed by atoms with van der Waals surface area (Å²) in [5.41, 5.74) is 5.62. The molecule has 0 unspecified atom stereocenters. The van der Waals surface area contributed by atoms with Crippen LogP contribution in [0.3, 0.4) is 0 Å². The van der Waals surface area contributed by atoms with Crippen LogP contribution in [0, 0.1) is 5.82 Å². The lowest BCUT2D eigenvalue weighted by molar-refractivity contribution is 0.259. The van der Waals surface area contributed by atoms with Gasteiger partial charge in [-0.2, -0.15) is 0 Å². The summed E-state index contributed by atoms with van der Waals surface area (Å²) in [6.07, 6.45) is 1.55. The molecule has 68 valence electrons. The van der Waals surface area contributed by atoms with Crippen LogP contribution in [-0.2, 0) is 0 Å². The smallest absolute Gasteiger partial charge is 0.316 e. The summed E-state index contributed by atoms with van der Waals surface area (Å²) in [6, 6.07) is 3.45. The van der Waals surface area contributed by atoms with Gasteiger partial charge in [-0.3, -0.25) is 0 Å². The molecule has 0 saturated carbocycles. The van der Waals surface area contributed by atoms with Crippen molar-refractivity contribution in [3.8, 4) is 0 Å². The molecule has 0 heterocycles. The van der Waals surface area contributed by atoms with Crippen molar-refractivity contribution in [2.24, 2.45) is 5.73 Å². The average Bonchev–Trinajstić information content (AvgIpc) is 2.08. The molecule has 1 aromatic carbocycles. The maximum Gasteiger partial charge on any atom is 0.316 e. The number of amides is 2. The van der Waals surface area contributed by atoms with E-state index < -0.39 is 11.8 Å². The number of hydrogen-bond acceptors (Lipinski definition) is 1. The normalized spacial score (nSPS) is 9.31. The van der Waals surface area contributed by atoms with Crippen LogP contribution in [0.1, 0.15) is 5.56 Å². The number of anilines is 1. The van der Waals surface area contributed by atoms with Crippen LogP contribution in [0.2, 0.25) is 0 Å². The summed E-state index contributed by atoms with van der Waals surface area (Å²) in [4.78, 5) is 10.4. The summed E-state index contributed by atoms with van der Waals surface area (Å²) in [5.74, 6) is -0.524. The highest BCUT2D eigenvalue weighted by Gasteiger charge is 2.03. The van der Waals surface area contributed by atoms with Crippen LogP contribution < -0.4 is 11.1 Å².